The zero-order valence-electron chi connectivity index (χ0n) is 15.3. The second-order valence-electron chi connectivity index (χ2n) is 7.39. The number of hydrogen-bond donors (Lipinski definition) is 1. The van der Waals surface area contributed by atoms with Crippen molar-refractivity contribution in [3.8, 4) is 0 Å². The van der Waals surface area contributed by atoms with Gasteiger partial charge in [-0.2, -0.15) is 0 Å². The summed E-state index contributed by atoms with van der Waals surface area (Å²) >= 11 is 5.72. The Bertz CT molecular complexity index is 908. The van der Waals surface area contributed by atoms with E-state index in [4.69, 9.17) is 11.6 Å². The van der Waals surface area contributed by atoms with Gasteiger partial charge in [0.1, 0.15) is 17.3 Å². The summed E-state index contributed by atoms with van der Waals surface area (Å²) in [6, 6.07) is 9.48. The van der Waals surface area contributed by atoms with Crippen LogP contribution in [0.3, 0.4) is 0 Å². The number of likely N-dealkylation sites (tertiary alicyclic amines) is 1. The summed E-state index contributed by atoms with van der Waals surface area (Å²) in [7, 11) is 0. The monoisotopic (exact) mass is 401 g/mol. The van der Waals surface area contributed by atoms with Crippen molar-refractivity contribution in [2.75, 3.05) is 18.4 Å². The molecule has 0 spiro atoms. The van der Waals surface area contributed by atoms with Crippen LogP contribution in [0.5, 0.6) is 0 Å². The summed E-state index contributed by atoms with van der Waals surface area (Å²) in [6.07, 6.45) is 4.22. The van der Waals surface area contributed by atoms with E-state index in [1.807, 2.05) is 0 Å². The lowest BCUT2D eigenvalue weighted by molar-refractivity contribution is 0.0828. The largest absolute Gasteiger partial charge is 0.306 e. The molecule has 0 bridgehead atoms. The number of rotatable bonds is 5. The maximum Gasteiger partial charge on any atom is 0.259 e. The fourth-order valence-corrected chi connectivity index (χ4v) is 3.83. The number of nitrogens with zero attached hydrogens (tertiary/aromatic N) is 2. The molecule has 2 aliphatic rings. The summed E-state index contributed by atoms with van der Waals surface area (Å²) in [6.45, 7) is 1.90. The second-order valence-corrected chi connectivity index (χ2v) is 7.83. The number of carbonyl (C=O) groups excluding carboxylic acids is 2. The Hall–Kier alpha value is -2.31. The van der Waals surface area contributed by atoms with Gasteiger partial charge in [-0.25, -0.2) is 9.37 Å². The third kappa shape index (κ3) is 4.23. The van der Waals surface area contributed by atoms with Crippen LogP contribution in [0, 0.1) is 11.7 Å². The molecule has 146 valence electrons. The molecule has 1 aliphatic carbocycles. The first-order valence-corrected chi connectivity index (χ1v) is 9.91. The van der Waals surface area contributed by atoms with Gasteiger partial charge < -0.3 is 10.2 Å². The van der Waals surface area contributed by atoms with E-state index in [0.29, 0.717) is 5.69 Å². The number of aromatic nitrogens is 1. The molecule has 1 aliphatic heterocycles. The van der Waals surface area contributed by atoms with Crippen LogP contribution < -0.4 is 5.32 Å². The van der Waals surface area contributed by atoms with E-state index >= 15 is 0 Å². The number of pyridine rings is 1. The number of carbonyl (C=O) groups is 2. The van der Waals surface area contributed by atoms with E-state index in [2.05, 4.69) is 15.2 Å². The lowest BCUT2D eigenvalue weighted by Gasteiger charge is -2.31. The summed E-state index contributed by atoms with van der Waals surface area (Å²) in [5.74, 6) is -1.16. The number of piperidine rings is 1. The van der Waals surface area contributed by atoms with Crippen molar-refractivity contribution < 1.29 is 14.0 Å². The Morgan fingerprint density at radius 2 is 1.86 bits per heavy atom. The van der Waals surface area contributed by atoms with Gasteiger partial charge in [0, 0.05) is 17.0 Å². The highest BCUT2D eigenvalue weighted by Crippen LogP contribution is 2.31. The van der Waals surface area contributed by atoms with Crippen molar-refractivity contribution in [3.05, 3.63) is 58.5 Å². The van der Waals surface area contributed by atoms with Crippen molar-refractivity contribution in [1.82, 2.24) is 9.88 Å². The minimum absolute atomic E-state index is 0.00391. The van der Waals surface area contributed by atoms with Gasteiger partial charge in [-0.15, -0.1) is 0 Å². The fraction of sp³-hybridized carbons (Fsp3) is 0.381. The molecular weight excluding hydrogens is 381 g/mol. The lowest BCUT2D eigenvalue weighted by Crippen LogP contribution is -2.37. The third-order valence-corrected chi connectivity index (χ3v) is 5.62. The van der Waals surface area contributed by atoms with Gasteiger partial charge in [-0.05, 0) is 69.1 Å². The maximum absolute atomic E-state index is 13.9. The highest BCUT2D eigenvalue weighted by molar-refractivity contribution is 6.30. The summed E-state index contributed by atoms with van der Waals surface area (Å²) < 4.78 is 13.9. The molecule has 0 unspecified atom stereocenters. The molecule has 2 aromatic rings. The van der Waals surface area contributed by atoms with E-state index in [1.165, 1.54) is 25.0 Å². The standard InChI is InChI=1S/C21H21ClFN3O2/c22-14-4-7-16(17(23)12-14)21(28)25-19-3-1-2-18(24-19)20(27)13-8-10-26(11-9-13)15-5-6-15/h1-4,7,12-13,15H,5-6,8-11H2,(H,24,25,28). The molecule has 0 radical (unpaired) electrons. The number of benzene rings is 1. The topological polar surface area (TPSA) is 62.3 Å². The Labute approximate surface area is 167 Å². The van der Waals surface area contributed by atoms with E-state index in [1.54, 1.807) is 18.2 Å². The van der Waals surface area contributed by atoms with Crippen LogP contribution >= 0.6 is 11.6 Å². The van der Waals surface area contributed by atoms with E-state index < -0.39 is 11.7 Å². The van der Waals surface area contributed by atoms with Crippen LogP contribution in [-0.2, 0) is 0 Å². The first-order valence-electron chi connectivity index (χ1n) is 9.53. The Morgan fingerprint density at radius 3 is 2.54 bits per heavy atom. The predicted molar refractivity (Wildman–Crippen MR) is 105 cm³/mol. The molecule has 1 amide bonds. The molecule has 2 fully saturated rings. The second kappa shape index (κ2) is 7.97. The number of ketones is 1. The molecule has 5 nitrogen and oxygen atoms in total. The van der Waals surface area contributed by atoms with Gasteiger partial charge in [0.2, 0.25) is 0 Å². The molecule has 1 aromatic heterocycles. The molecule has 1 N–H and O–H groups in total. The van der Waals surface area contributed by atoms with Crippen molar-refractivity contribution in [2.45, 2.75) is 31.7 Å². The summed E-state index contributed by atoms with van der Waals surface area (Å²) in [4.78, 5) is 31.9. The number of anilines is 1. The highest BCUT2D eigenvalue weighted by atomic mass is 35.5. The van der Waals surface area contributed by atoms with Crippen LogP contribution in [0.1, 0.15) is 46.5 Å². The van der Waals surface area contributed by atoms with Crippen LogP contribution in [-0.4, -0.2) is 40.7 Å². The van der Waals surface area contributed by atoms with Crippen LogP contribution in [0.25, 0.3) is 0 Å². The van der Waals surface area contributed by atoms with Gasteiger partial charge in [0.05, 0.1) is 5.56 Å². The molecular formula is C21H21ClFN3O2. The van der Waals surface area contributed by atoms with Gasteiger partial charge in [0.25, 0.3) is 5.91 Å². The average molecular weight is 402 g/mol. The van der Waals surface area contributed by atoms with Crippen LogP contribution in [0.2, 0.25) is 5.02 Å². The molecule has 0 atom stereocenters. The van der Waals surface area contributed by atoms with Crippen LogP contribution in [0.15, 0.2) is 36.4 Å². The highest BCUT2D eigenvalue weighted by Gasteiger charge is 2.34. The lowest BCUT2D eigenvalue weighted by atomic mass is 9.90. The van der Waals surface area contributed by atoms with Crippen molar-refractivity contribution >= 4 is 29.1 Å². The Morgan fingerprint density at radius 1 is 1.11 bits per heavy atom. The van der Waals surface area contributed by atoms with E-state index in [9.17, 15) is 14.0 Å². The molecule has 7 heteroatoms. The molecule has 1 saturated heterocycles. The van der Waals surface area contributed by atoms with Gasteiger partial charge in [-0.1, -0.05) is 17.7 Å². The normalized spacial score (nSPS) is 18.1. The zero-order chi connectivity index (χ0) is 19.7. The summed E-state index contributed by atoms with van der Waals surface area (Å²) in [5, 5.41) is 2.77. The van der Waals surface area contributed by atoms with Gasteiger partial charge in [0.15, 0.2) is 5.78 Å². The molecule has 4 rings (SSSR count). The Balaban J connectivity index is 1.42. The molecule has 2 heterocycles. The number of nitrogens with one attached hydrogen (secondary N) is 1. The number of halogens is 2. The van der Waals surface area contributed by atoms with Gasteiger partial charge >= 0.3 is 0 Å². The fourth-order valence-electron chi connectivity index (χ4n) is 3.67. The minimum Gasteiger partial charge on any atom is -0.306 e. The minimum atomic E-state index is -0.709. The van der Waals surface area contributed by atoms with Crippen molar-refractivity contribution in [2.24, 2.45) is 5.92 Å². The summed E-state index contributed by atoms with van der Waals surface area (Å²) in [5.41, 5.74) is 0.203. The van der Waals surface area contributed by atoms with Gasteiger partial charge in [-0.3, -0.25) is 9.59 Å². The smallest absolute Gasteiger partial charge is 0.259 e. The number of amides is 1. The average Bonchev–Trinajstić information content (AvgIpc) is 3.53. The van der Waals surface area contributed by atoms with E-state index in [0.717, 1.165) is 38.0 Å². The number of hydrogen-bond acceptors (Lipinski definition) is 4. The SMILES string of the molecule is O=C(Nc1cccc(C(=O)C2CCN(C3CC3)CC2)n1)c1ccc(Cl)cc1F. The van der Waals surface area contributed by atoms with Crippen LogP contribution in [0.4, 0.5) is 10.2 Å². The number of Topliss-reactive ketones (excluding diaryl/α,β-unsaturated/α-hetero) is 1. The first kappa shape index (κ1) is 19.0. The zero-order valence-corrected chi connectivity index (χ0v) is 16.1. The van der Waals surface area contributed by atoms with Crippen molar-refractivity contribution in [1.29, 1.82) is 0 Å². The molecule has 1 saturated carbocycles. The quantitative estimate of drug-likeness (QED) is 0.763. The first-order chi connectivity index (χ1) is 13.5. The van der Waals surface area contributed by atoms with Crippen molar-refractivity contribution in [3.63, 3.8) is 0 Å². The molecule has 1 aromatic carbocycles. The Kier molecular flexibility index (Phi) is 5.42. The molecule has 28 heavy (non-hydrogen) atoms. The predicted octanol–water partition coefficient (Wildman–Crippen LogP) is 4.18. The third-order valence-electron chi connectivity index (χ3n) is 5.38. The maximum atomic E-state index is 13.9. The van der Waals surface area contributed by atoms with E-state index in [-0.39, 0.29) is 28.1 Å².